The minimum atomic E-state index is -0.408. The molecule has 0 aliphatic carbocycles. The molecule has 9 heteroatoms. The van der Waals surface area contributed by atoms with E-state index >= 15 is 0 Å². The molecule has 28 heavy (non-hydrogen) atoms. The summed E-state index contributed by atoms with van der Waals surface area (Å²) in [6.45, 7) is 5.05. The number of nitrogens with zero attached hydrogens (tertiary/aromatic N) is 4. The third-order valence-electron chi connectivity index (χ3n) is 5.48. The molecule has 2 aromatic heterocycles. The molecule has 1 saturated heterocycles. The van der Waals surface area contributed by atoms with Crippen molar-refractivity contribution in [3.05, 3.63) is 42.0 Å². The fourth-order valence-corrected chi connectivity index (χ4v) is 4.14. The van der Waals surface area contributed by atoms with Gasteiger partial charge in [0, 0.05) is 37.4 Å². The number of carbonyl (C=O) groups is 2. The Morgan fingerprint density at radius 3 is 2.75 bits per heavy atom. The molecule has 1 spiro atoms. The van der Waals surface area contributed by atoms with Gasteiger partial charge in [-0.15, -0.1) is 0 Å². The predicted octanol–water partition coefficient (Wildman–Crippen LogP) is 0.370. The molecule has 0 aromatic carbocycles. The van der Waals surface area contributed by atoms with Crippen molar-refractivity contribution in [2.75, 3.05) is 13.1 Å². The van der Waals surface area contributed by atoms with E-state index in [9.17, 15) is 9.59 Å². The van der Waals surface area contributed by atoms with E-state index in [0.717, 1.165) is 11.4 Å². The van der Waals surface area contributed by atoms with Gasteiger partial charge < -0.3 is 15.2 Å². The van der Waals surface area contributed by atoms with Crippen molar-refractivity contribution in [1.29, 1.82) is 0 Å². The summed E-state index contributed by atoms with van der Waals surface area (Å²) in [6, 6.07) is 1.39. The molecule has 1 fully saturated rings. The van der Waals surface area contributed by atoms with Gasteiger partial charge in [-0.05, 0) is 32.8 Å². The van der Waals surface area contributed by atoms with Crippen LogP contribution in [0.4, 0.5) is 0 Å². The predicted molar refractivity (Wildman–Crippen MR) is 101 cm³/mol. The van der Waals surface area contributed by atoms with Crippen molar-refractivity contribution in [3.8, 4) is 0 Å². The summed E-state index contributed by atoms with van der Waals surface area (Å²) in [5.74, 6) is -0.0986. The van der Waals surface area contributed by atoms with E-state index in [0.29, 0.717) is 38.0 Å². The number of likely N-dealkylation sites (tertiary alicyclic amines) is 1. The lowest BCUT2D eigenvalue weighted by atomic mass is 9.78. The summed E-state index contributed by atoms with van der Waals surface area (Å²) in [7, 11) is 0. The largest absolute Gasteiger partial charge is 0.353 e. The Hall–Kier alpha value is -2.81. The number of hydrogen-bond donors (Lipinski definition) is 3. The highest BCUT2D eigenvalue weighted by Crippen LogP contribution is 2.37. The van der Waals surface area contributed by atoms with Crippen LogP contribution in [0.5, 0.6) is 0 Å². The summed E-state index contributed by atoms with van der Waals surface area (Å²) in [4.78, 5) is 42.8. The Labute approximate surface area is 163 Å². The number of hydrogen-bond acceptors (Lipinski definition) is 6. The van der Waals surface area contributed by atoms with Gasteiger partial charge in [-0.3, -0.25) is 14.9 Å². The Kier molecular flexibility index (Phi) is 4.84. The molecule has 2 aliphatic rings. The number of amides is 2. The topological polar surface area (TPSA) is 116 Å². The van der Waals surface area contributed by atoms with Crippen LogP contribution in [0.3, 0.4) is 0 Å². The molecule has 148 valence electrons. The van der Waals surface area contributed by atoms with Gasteiger partial charge in [0.25, 0.3) is 5.91 Å². The molecule has 4 rings (SSSR count). The standard InChI is InChI=1S/C19H25N7O2/c1-12(2)24-17(27)15-9-14-16(23-11-22-14)19(25-15)4-7-26(8-5-19)18(28)13-3-6-20-10-21-13/h3,6,10-12,15,25H,4-5,7-9H2,1-2H3,(H,22,23)(H,24,27)/t15-/m0/s1. The highest BCUT2D eigenvalue weighted by molar-refractivity contribution is 5.92. The highest BCUT2D eigenvalue weighted by Gasteiger charge is 2.46. The maximum Gasteiger partial charge on any atom is 0.272 e. The van der Waals surface area contributed by atoms with Crippen LogP contribution in [0.15, 0.2) is 24.9 Å². The van der Waals surface area contributed by atoms with Crippen LogP contribution >= 0.6 is 0 Å². The first-order valence-electron chi connectivity index (χ1n) is 9.64. The van der Waals surface area contributed by atoms with Crippen LogP contribution in [-0.4, -0.2) is 61.8 Å². The molecule has 2 amide bonds. The van der Waals surface area contributed by atoms with Crippen molar-refractivity contribution in [2.24, 2.45) is 0 Å². The molecule has 0 saturated carbocycles. The monoisotopic (exact) mass is 383 g/mol. The maximum atomic E-state index is 12.7. The number of carbonyl (C=O) groups excluding carboxylic acids is 2. The highest BCUT2D eigenvalue weighted by atomic mass is 16.2. The van der Waals surface area contributed by atoms with Gasteiger partial charge in [0.05, 0.1) is 23.6 Å². The fourth-order valence-electron chi connectivity index (χ4n) is 4.14. The Bertz CT molecular complexity index is 856. The summed E-state index contributed by atoms with van der Waals surface area (Å²) >= 11 is 0. The number of aromatic nitrogens is 4. The minimum absolute atomic E-state index is 0.00545. The molecule has 0 radical (unpaired) electrons. The van der Waals surface area contributed by atoms with Crippen LogP contribution in [-0.2, 0) is 16.8 Å². The van der Waals surface area contributed by atoms with E-state index < -0.39 is 5.54 Å². The molecule has 2 aliphatic heterocycles. The minimum Gasteiger partial charge on any atom is -0.353 e. The zero-order valence-corrected chi connectivity index (χ0v) is 16.1. The lowest BCUT2D eigenvalue weighted by Gasteiger charge is -2.46. The number of piperidine rings is 1. The molecular formula is C19H25N7O2. The molecule has 3 N–H and O–H groups in total. The zero-order valence-electron chi connectivity index (χ0n) is 16.1. The third kappa shape index (κ3) is 3.37. The lowest BCUT2D eigenvalue weighted by Crippen LogP contribution is -2.62. The number of fused-ring (bicyclic) bond motifs is 2. The second kappa shape index (κ2) is 7.31. The van der Waals surface area contributed by atoms with Crippen LogP contribution in [0, 0.1) is 0 Å². The molecule has 9 nitrogen and oxygen atoms in total. The number of imidazole rings is 1. The van der Waals surface area contributed by atoms with Gasteiger partial charge in [0.15, 0.2) is 0 Å². The SMILES string of the molecule is CC(C)NC(=O)[C@@H]1Cc2[nH]cnc2C2(CCN(C(=O)c3ccncn3)CC2)N1. The quantitative estimate of drug-likeness (QED) is 0.705. The number of aromatic amines is 1. The van der Waals surface area contributed by atoms with Gasteiger partial charge in [-0.2, -0.15) is 0 Å². The maximum absolute atomic E-state index is 12.7. The zero-order chi connectivity index (χ0) is 19.7. The van der Waals surface area contributed by atoms with Crippen LogP contribution < -0.4 is 10.6 Å². The number of H-pyrrole nitrogens is 1. The van der Waals surface area contributed by atoms with Crippen molar-refractivity contribution in [1.82, 2.24) is 35.5 Å². The van der Waals surface area contributed by atoms with Crippen molar-refractivity contribution in [3.63, 3.8) is 0 Å². The fraction of sp³-hybridized carbons (Fsp3) is 0.526. The van der Waals surface area contributed by atoms with Gasteiger partial charge in [-0.1, -0.05) is 0 Å². The second-order valence-electron chi connectivity index (χ2n) is 7.76. The van der Waals surface area contributed by atoms with Crippen LogP contribution in [0.1, 0.15) is 48.6 Å². The van der Waals surface area contributed by atoms with E-state index in [4.69, 9.17) is 0 Å². The average Bonchev–Trinajstić information content (AvgIpc) is 3.18. The number of rotatable bonds is 3. The molecule has 0 bridgehead atoms. The lowest BCUT2D eigenvalue weighted by molar-refractivity contribution is -0.124. The van der Waals surface area contributed by atoms with Gasteiger partial charge in [0.2, 0.25) is 5.91 Å². The van der Waals surface area contributed by atoms with Crippen molar-refractivity contribution in [2.45, 2.75) is 50.7 Å². The summed E-state index contributed by atoms with van der Waals surface area (Å²) in [5, 5.41) is 6.55. The first-order valence-corrected chi connectivity index (χ1v) is 9.64. The molecular weight excluding hydrogens is 358 g/mol. The first-order chi connectivity index (χ1) is 13.5. The molecule has 0 unspecified atom stereocenters. The van der Waals surface area contributed by atoms with Gasteiger partial charge >= 0.3 is 0 Å². The third-order valence-corrected chi connectivity index (χ3v) is 5.48. The summed E-state index contributed by atoms with van der Waals surface area (Å²) in [5.41, 5.74) is 1.96. The van der Waals surface area contributed by atoms with Gasteiger partial charge in [-0.25, -0.2) is 15.0 Å². The van der Waals surface area contributed by atoms with E-state index in [-0.39, 0.29) is 23.9 Å². The first kappa shape index (κ1) is 18.5. The van der Waals surface area contributed by atoms with E-state index in [2.05, 4.69) is 30.6 Å². The molecule has 1 atom stereocenters. The Morgan fingerprint density at radius 1 is 1.29 bits per heavy atom. The van der Waals surface area contributed by atoms with Crippen molar-refractivity contribution < 1.29 is 9.59 Å². The average molecular weight is 383 g/mol. The second-order valence-corrected chi connectivity index (χ2v) is 7.76. The van der Waals surface area contributed by atoms with Crippen LogP contribution in [0.25, 0.3) is 0 Å². The molecule has 4 heterocycles. The van der Waals surface area contributed by atoms with Gasteiger partial charge in [0.1, 0.15) is 12.0 Å². The van der Waals surface area contributed by atoms with E-state index in [1.165, 1.54) is 6.33 Å². The Morgan fingerprint density at radius 2 is 2.07 bits per heavy atom. The smallest absolute Gasteiger partial charge is 0.272 e. The molecule has 2 aromatic rings. The van der Waals surface area contributed by atoms with E-state index in [1.807, 2.05) is 13.8 Å². The number of nitrogens with one attached hydrogen (secondary N) is 3. The van der Waals surface area contributed by atoms with E-state index in [1.54, 1.807) is 23.5 Å². The normalized spacial score (nSPS) is 20.8. The van der Waals surface area contributed by atoms with Crippen molar-refractivity contribution >= 4 is 11.8 Å². The summed E-state index contributed by atoms with van der Waals surface area (Å²) in [6.07, 6.45) is 6.60. The summed E-state index contributed by atoms with van der Waals surface area (Å²) < 4.78 is 0. The van der Waals surface area contributed by atoms with Crippen LogP contribution in [0.2, 0.25) is 0 Å². The Balaban J connectivity index is 1.52.